The van der Waals surface area contributed by atoms with E-state index in [1.807, 2.05) is 24.3 Å². The van der Waals surface area contributed by atoms with Crippen molar-refractivity contribution in [2.24, 2.45) is 0 Å². The number of hydrogen-bond donors (Lipinski definition) is 2. The van der Waals surface area contributed by atoms with Gasteiger partial charge in [-0.25, -0.2) is 0 Å². The molecule has 1 saturated heterocycles. The van der Waals surface area contributed by atoms with Crippen molar-refractivity contribution < 1.29 is 9.59 Å². The van der Waals surface area contributed by atoms with E-state index in [4.69, 9.17) is 0 Å². The molecule has 0 radical (unpaired) electrons. The predicted octanol–water partition coefficient (Wildman–Crippen LogP) is 3.30. The standard InChI is InChI=1S/C25H32N4O2/c1-20-5-3-6-24(19-20)29-17-15-28(16-18-29)14-4-13-26-25(31)12-9-22-7-10-23(11-8-22)27-21(2)30/h3,5-12,19H,4,13-18H2,1-2H3,(H,26,31)(H,27,30)/b12-9+. The number of aryl methyl sites for hydroxylation is 1. The Hall–Kier alpha value is -3.12. The number of benzene rings is 2. The molecule has 6 nitrogen and oxygen atoms in total. The van der Waals surface area contributed by atoms with E-state index in [1.54, 1.807) is 12.2 Å². The Morgan fingerprint density at radius 3 is 2.45 bits per heavy atom. The highest BCUT2D eigenvalue weighted by Crippen LogP contribution is 2.17. The first-order valence-electron chi connectivity index (χ1n) is 10.9. The van der Waals surface area contributed by atoms with Gasteiger partial charge in [-0.3, -0.25) is 14.5 Å². The molecule has 0 spiro atoms. The van der Waals surface area contributed by atoms with Crippen LogP contribution < -0.4 is 15.5 Å². The first-order chi connectivity index (χ1) is 15.0. The predicted molar refractivity (Wildman–Crippen MR) is 127 cm³/mol. The highest BCUT2D eigenvalue weighted by Gasteiger charge is 2.16. The lowest BCUT2D eigenvalue weighted by Gasteiger charge is -2.36. The fraction of sp³-hybridized carbons (Fsp3) is 0.360. The zero-order valence-corrected chi connectivity index (χ0v) is 18.4. The first-order valence-corrected chi connectivity index (χ1v) is 10.9. The van der Waals surface area contributed by atoms with Crippen LogP contribution in [0.2, 0.25) is 0 Å². The Morgan fingerprint density at radius 2 is 1.77 bits per heavy atom. The molecule has 2 aromatic carbocycles. The average molecular weight is 421 g/mol. The summed E-state index contributed by atoms with van der Waals surface area (Å²) in [5, 5.41) is 5.67. The van der Waals surface area contributed by atoms with Gasteiger partial charge in [0.15, 0.2) is 0 Å². The molecule has 1 aliphatic heterocycles. The minimum Gasteiger partial charge on any atom is -0.369 e. The Balaban J connectivity index is 1.31. The molecule has 6 heteroatoms. The number of amides is 2. The number of piperazine rings is 1. The smallest absolute Gasteiger partial charge is 0.243 e. The van der Waals surface area contributed by atoms with Crippen LogP contribution in [0.25, 0.3) is 6.08 Å². The molecule has 3 rings (SSSR count). The third kappa shape index (κ3) is 7.57. The summed E-state index contributed by atoms with van der Waals surface area (Å²) in [5.41, 5.74) is 4.26. The third-order valence-electron chi connectivity index (χ3n) is 5.35. The topological polar surface area (TPSA) is 64.7 Å². The van der Waals surface area contributed by atoms with E-state index in [0.29, 0.717) is 6.54 Å². The van der Waals surface area contributed by atoms with Crippen molar-refractivity contribution in [2.45, 2.75) is 20.3 Å². The summed E-state index contributed by atoms with van der Waals surface area (Å²) in [5.74, 6) is -0.189. The van der Waals surface area contributed by atoms with Crippen LogP contribution in [0.1, 0.15) is 24.5 Å². The van der Waals surface area contributed by atoms with Crippen LogP contribution in [0.4, 0.5) is 11.4 Å². The minimum absolute atomic E-state index is 0.0878. The van der Waals surface area contributed by atoms with Gasteiger partial charge in [-0.1, -0.05) is 24.3 Å². The van der Waals surface area contributed by atoms with Crippen LogP contribution >= 0.6 is 0 Å². The highest BCUT2D eigenvalue weighted by atomic mass is 16.2. The molecule has 31 heavy (non-hydrogen) atoms. The van der Waals surface area contributed by atoms with Gasteiger partial charge in [0.1, 0.15) is 0 Å². The van der Waals surface area contributed by atoms with Gasteiger partial charge in [-0.05, 0) is 61.4 Å². The summed E-state index contributed by atoms with van der Waals surface area (Å²) in [6.07, 6.45) is 4.26. The lowest BCUT2D eigenvalue weighted by atomic mass is 10.2. The number of rotatable bonds is 8. The van der Waals surface area contributed by atoms with Gasteiger partial charge < -0.3 is 15.5 Å². The SMILES string of the molecule is CC(=O)Nc1ccc(/C=C/C(=O)NCCCN2CCN(c3cccc(C)c3)CC2)cc1. The molecular weight excluding hydrogens is 388 g/mol. The second-order valence-corrected chi connectivity index (χ2v) is 7.95. The van der Waals surface area contributed by atoms with Crippen LogP contribution in [0.15, 0.2) is 54.6 Å². The Labute approximate surface area is 184 Å². The van der Waals surface area contributed by atoms with Crippen molar-refractivity contribution in [1.82, 2.24) is 10.2 Å². The number of anilines is 2. The maximum absolute atomic E-state index is 12.0. The number of nitrogens with zero attached hydrogens (tertiary/aromatic N) is 2. The van der Waals surface area contributed by atoms with Gasteiger partial charge in [0.2, 0.25) is 11.8 Å². The van der Waals surface area contributed by atoms with Crippen LogP contribution in [-0.2, 0) is 9.59 Å². The van der Waals surface area contributed by atoms with Gasteiger partial charge in [0, 0.05) is 57.1 Å². The van der Waals surface area contributed by atoms with E-state index in [1.165, 1.54) is 18.2 Å². The molecule has 1 aliphatic rings. The van der Waals surface area contributed by atoms with Gasteiger partial charge in [0.05, 0.1) is 0 Å². The van der Waals surface area contributed by atoms with Crippen molar-refractivity contribution in [3.63, 3.8) is 0 Å². The van der Waals surface area contributed by atoms with Crippen LogP contribution in [0.3, 0.4) is 0 Å². The van der Waals surface area contributed by atoms with Crippen molar-refractivity contribution in [3.8, 4) is 0 Å². The lowest BCUT2D eigenvalue weighted by Crippen LogP contribution is -2.47. The number of hydrogen-bond acceptors (Lipinski definition) is 4. The third-order valence-corrected chi connectivity index (χ3v) is 5.35. The first kappa shape index (κ1) is 22.6. The van der Waals surface area contributed by atoms with E-state index in [-0.39, 0.29) is 11.8 Å². The van der Waals surface area contributed by atoms with Gasteiger partial charge in [0.25, 0.3) is 0 Å². The van der Waals surface area contributed by atoms with Gasteiger partial charge in [-0.2, -0.15) is 0 Å². The Morgan fingerprint density at radius 1 is 1.03 bits per heavy atom. The van der Waals surface area contributed by atoms with Crippen LogP contribution in [0, 0.1) is 6.92 Å². The summed E-state index contributed by atoms with van der Waals surface area (Å²) < 4.78 is 0. The molecule has 2 N–H and O–H groups in total. The van der Waals surface area contributed by atoms with Crippen LogP contribution in [-0.4, -0.2) is 56.0 Å². The maximum Gasteiger partial charge on any atom is 0.243 e. The van der Waals surface area contributed by atoms with E-state index in [9.17, 15) is 9.59 Å². The average Bonchev–Trinajstić information content (AvgIpc) is 2.76. The lowest BCUT2D eigenvalue weighted by molar-refractivity contribution is -0.116. The fourth-order valence-corrected chi connectivity index (χ4v) is 3.68. The second kappa shape index (κ2) is 11.3. The maximum atomic E-state index is 12.0. The van der Waals surface area contributed by atoms with Crippen molar-refractivity contribution in [3.05, 3.63) is 65.7 Å². The number of nitrogens with one attached hydrogen (secondary N) is 2. The quantitative estimate of drug-likeness (QED) is 0.508. The Kier molecular flexibility index (Phi) is 8.24. The molecule has 2 amide bonds. The summed E-state index contributed by atoms with van der Waals surface area (Å²) in [7, 11) is 0. The van der Waals surface area contributed by atoms with Crippen LogP contribution in [0.5, 0.6) is 0 Å². The molecule has 164 valence electrons. The molecule has 0 aliphatic carbocycles. The molecule has 2 aromatic rings. The molecule has 0 aromatic heterocycles. The molecule has 0 atom stereocenters. The normalized spacial score (nSPS) is 14.6. The second-order valence-electron chi connectivity index (χ2n) is 7.95. The molecule has 0 bridgehead atoms. The number of carbonyl (C=O) groups is 2. The molecule has 1 heterocycles. The van der Waals surface area contributed by atoms with E-state index >= 15 is 0 Å². The highest BCUT2D eigenvalue weighted by molar-refractivity contribution is 5.92. The largest absolute Gasteiger partial charge is 0.369 e. The summed E-state index contributed by atoms with van der Waals surface area (Å²) in [6, 6.07) is 16.0. The summed E-state index contributed by atoms with van der Waals surface area (Å²) >= 11 is 0. The molecule has 0 saturated carbocycles. The van der Waals surface area contributed by atoms with E-state index in [2.05, 4.69) is 51.6 Å². The minimum atomic E-state index is -0.101. The van der Waals surface area contributed by atoms with E-state index < -0.39 is 0 Å². The van der Waals surface area contributed by atoms with Crippen molar-refractivity contribution >= 4 is 29.3 Å². The molecular formula is C25H32N4O2. The van der Waals surface area contributed by atoms with Gasteiger partial charge in [-0.15, -0.1) is 0 Å². The monoisotopic (exact) mass is 420 g/mol. The van der Waals surface area contributed by atoms with E-state index in [0.717, 1.165) is 50.4 Å². The summed E-state index contributed by atoms with van der Waals surface area (Å²) in [6.45, 7) is 9.46. The zero-order valence-electron chi connectivity index (χ0n) is 18.4. The van der Waals surface area contributed by atoms with Gasteiger partial charge >= 0.3 is 0 Å². The summed E-state index contributed by atoms with van der Waals surface area (Å²) in [4.78, 5) is 28.0. The van der Waals surface area contributed by atoms with Crippen molar-refractivity contribution in [2.75, 3.05) is 49.5 Å². The molecule has 0 unspecified atom stereocenters. The Bertz CT molecular complexity index is 900. The van der Waals surface area contributed by atoms with Crippen molar-refractivity contribution in [1.29, 1.82) is 0 Å². The fourth-order valence-electron chi connectivity index (χ4n) is 3.68. The zero-order chi connectivity index (χ0) is 22.1. The number of carbonyl (C=O) groups excluding carboxylic acids is 2. The molecule has 1 fully saturated rings.